The van der Waals surface area contributed by atoms with Crippen molar-refractivity contribution in [2.75, 3.05) is 26.9 Å². The van der Waals surface area contributed by atoms with E-state index in [1.54, 1.807) is 6.07 Å². The van der Waals surface area contributed by atoms with Crippen LogP contribution in [0.25, 0.3) is 0 Å². The lowest BCUT2D eigenvalue weighted by atomic mass is 10.2. The van der Waals surface area contributed by atoms with Gasteiger partial charge in [0.2, 0.25) is 10.0 Å². The molecule has 21 heavy (non-hydrogen) atoms. The monoisotopic (exact) mass is 315 g/mol. The van der Waals surface area contributed by atoms with Gasteiger partial charge in [-0.05, 0) is 36.5 Å². The maximum atomic E-state index is 12.3. The Labute approximate surface area is 125 Å². The summed E-state index contributed by atoms with van der Waals surface area (Å²) >= 11 is 0. The summed E-state index contributed by atoms with van der Waals surface area (Å²) in [5, 5.41) is 9.12. The van der Waals surface area contributed by atoms with Gasteiger partial charge >= 0.3 is 0 Å². The highest BCUT2D eigenvalue weighted by Gasteiger charge is 2.22. The molecule has 118 valence electrons. The number of nitrogens with one attached hydrogen (secondary N) is 1. The lowest BCUT2D eigenvalue weighted by Crippen LogP contribution is -2.28. The van der Waals surface area contributed by atoms with Crippen LogP contribution in [0, 0.1) is 5.92 Å². The van der Waals surface area contributed by atoms with Gasteiger partial charge in [-0.15, -0.1) is 0 Å². The highest BCUT2D eigenvalue weighted by Crippen LogP contribution is 2.28. The summed E-state index contributed by atoms with van der Waals surface area (Å²) in [5.74, 6) is 0.904. The molecule has 0 aromatic heterocycles. The van der Waals surface area contributed by atoms with E-state index < -0.39 is 10.0 Å². The summed E-state index contributed by atoms with van der Waals surface area (Å²) in [5.41, 5.74) is 0.515. The van der Waals surface area contributed by atoms with Crippen LogP contribution >= 0.6 is 0 Å². The van der Waals surface area contributed by atoms with Gasteiger partial charge < -0.3 is 14.6 Å². The van der Waals surface area contributed by atoms with E-state index in [-0.39, 0.29) is 23.8 Å². The molecule has 1 aromatic carbocycles. The Morgan fingerprint density at radius 2 is 2.14 bits per heavy atom. The van der Waals surface area contributed by atoms with Crippen molar-refractivity contribution in [2.45, 2.75) is 24.3 Å². The number of benzene rings is 1. The Morgan fingerprint density at radius 1 is 1.38 bits per heavy atom. The Bertz CT molecular complexity index is 569. The Balaban J connectivity index is 1.96. The predicted octanol–water partition coefficient (Wildman–Crippen LogP) is 0.892. The second-order valence-electron chi connectivity index (χ2n) is 5.06. The normalized spacial score (nSPS) is 15.1. The molecule has 1 saturated carbocycles. The predicted molar refractivity (Wildman–Crippen MR) is 77.6 cm³/mol. The van der Waals surface area contributed by atoms with Gasteiger partial charge in [-0.25, -0.2) is 13.1 Å². The summed E-state index contributed by atoms with van der Waals surface area (Å²) in [7, 11) is -2.28. The van der Waals surface area contributed by atoms with E-state index in [9.17, 15) is 8.42 Å². The molecule has 1 aliphatic rings. The lowest BCUT2D eigenvalue weighted by Gasteiger charge is -2.12. The first kappa shape index (κ1) is 16.2. The van der Waals surface area contributed by atoms with Gasteiger partial charge in [-0.1, -0.05) is 6.07 Å². The molecule has 1 fully saturated rings. The molecule has 1 aliphatic carbocycles. The van der Waals surface area contributed by atoms with E-state index in [2.05, 4.69) is 4.72 Å². The summed E-state index contributed by atoms with van der Waals surface area (Å²) in [6.45, 7) is 1.03. The van der Waals surface area contributed by atoms with Crippen molar-refractivity contribution in [3.05, 3.63) is 23.8 Å². The SMILES string of the molecule is COc1ccc(CO)cc1S(=O)(=O)NCCOCC1CC1. The van der Waals surface area contributed by atoms with Crippen LogP contribution in [0.5, 0.6) is 5.75 Å². The number of hydrogen-bond donors (Lipinski definition) is 2. The van der Waals surface area contributed by atoms with Gasteiger partial charge in [-0.3, -0.25) is 0 Å². The molecule has 0 amide bonds. The quantitative estimate of drug-likeness (QED) is 0.661. The fourth-order valence-electron chi connectivity index (χ4n) is 1.89. The highest BCUT2D eigenvalue weighted by atomic mass is 32.2. The van der Waals surface area contributed by atoms with Gasteiger partial charge in [0, 0.05) is 13.2 Å². The molecule has 6 nitrogen and oxygen atoms in total. The zero-order chi connectivity index (χ0) is 15.3. The van der Waals surface area contributed by atoms with Gasteiger partial charge in [0.05, 0.1) is 20.3 Å². The molecule has 0 bridgehead atoms. The first-order chi connectivity index (χ1) is 10.1. The van der Waals surface area contributed by atoms with Crippen molar-refractivity contribution in [2.24, 2.45) is 5.92 Å². The molecule has 0 atom stereocenters. The Morgan fingerprint density at radius 3 is 2.76 bits per heavy atom. The molecular formula is C14H21NO5S. The molecule has 2 rings (SSSR count). The molecule has 2 N–H and O–H groups in total. The van der Waals surface area contributed by atoms with E-state index in [4.69, 9.17) is 14.6 Å². The van der Waals surface area contributed by atoms with Crippen LogP contribution in [0.3, 0.4) is 0 Å². The largest absolute Gasteiger partial charge is 0.495 e. The fraction of sp³-hybridized carbons (Fsp3) is 0.571. The Hall–Kier alpha value is -1.15. The standard InChI is InChI=1S/C14H21NO5S/c1-19-13-5-4-12(9-16)8-14(13)21(17,18)15-6-7-20-10-11-2-3-11/h4-5,8,11,15-16H,2-3,6-7,9-10H2,1H3. The number of aliphatic hydroxyl groups is 1. The first-order valence-electron chi connectivity index (χ1n) is 6.92. The maximum absolute atomic E-state index is 12.3. The fourth-order valence-corrected chi connectivity index (χ4v) is 3.12. The van der Waals surface area contributed by atoms with Crippen molar-refractivity contribution < 1.29 is 23.0 Å². The zero-order valence-electron chi connectivity index (χ0n) is 12.0. The van der Waals surface area contributed by atoms with Crippen molar-refractivity contribution in [3.8, 4) is 5.75 Å². The number of methoxy groups -OCH3 is 1. The van der Waals surface area contributed by atoms with Crippen LogP contribution in [0.2, 0.25) is 0 Å². The van der Waals surface area contributed by atoms with E-state index in [1.807, 2.05) is 0 Å². The summed E-state index contributed by atoms with van der Waals surface area (Å²) < 4.78 is 37.5. The van der Waals surface area contributed by atoms with Crippen LogP contribution < -0.4 is 9.46 Å². The number of hydrogen-bond acceptors (Lipinski definition) is 5. The minimum Gasteiger partial charge on any atom is -0.495 e. The van der Waals surface area contributed by atoms with Crippen molar-refractivity contribution in [1.29, 1.82) is 0 Å². The lowest BCUT2D eigenvalue weighted by molar-refractivity contribution is 0.129. The van der Waals surface area contributed by atoms with Gasteiger partial charge in [0.25, 0.3) is 0 Å². The van der Waals surface area contributed by atoms with Gasteiger partial charge in [0.15, 0.2) is 0 Å². The minimum atomic E-state index is -3.69. The average Bonchev–Trinajstić information content (AvgIpc) is 3.30. The van der Waals surface area contributed by atoms with Crippen LogP contribution in [-0.4, -0.2) is 40.4 Å². The second-order valence-corrected chi connectivity index (χ2v) is 6.79. The molecule has 0 heterocycles. The molecule has 0 aliphatic heterocycles. The number of sulfonamides is 1. The van der Waals surface area contributed by atoms with Crippen molar-refractivity contribution >= 4 is 10.0 Å². The molecular weight excluding hydrogens is 294 g/mol. The summed E-state index contributed by atoms with van der Waals surface area (Å²) in [6, 6.07) is 4.56. The summed E-state index contributed by atoms with van der Waals surface area (Å²) in [4.78, 5) is 0.0266. The average molecular weight is 315 g/mol. The number of ether oxygens (including phenoxy) is 2. The third-order valence-electron chi connectivity index (χ3n) is 3.29. The zero-order valence-corrected chi connectivity index (χ0v) is 12.9. The van der Waals surface area contributed by atoms with Gasteiger partial charge in [-0.2, -0.15) is 0 Å². The van der Waals surface area contributed by atoms with Crippen LogP contribution in [0.4, 0.5) is 0 Å². The van der Waals surface area contributed by atoms with Crippen LogP contribution in [0.1, 0.15) is 18.4 Å². The highest BCUT2D eigenvalue weighted by molar-refractivity contribution is 7.89. The van der Waals surface area contributed by atoms with E-state index in [0.29, 0.717) is 24.7 Å². The number of rotatable bonds is 9. The van der Waals surface area contributed by atoms with E-state index in [1.165, 1.54) is 32.1 Å². The van der Waals surface area contributed by atoms with Crippen LogP contribution in [-0.2, 0) is 21.4 Å². The minimum absolute atomic E-state index is 0.0266. The molecule has 0 radical (unpaired) electrons. The molecule has 0 unspecified atom stereocenters. The third-order valence-corrected chi connectivity index (χ3v) is 4.77. The van der Waals surface area contributed by atoms with Crippen molar-refractivity contribution in [1.82, 2.24) is 4.72 Å². The van der Waals surface area contributed by atoms with Gasteiger partial charge in [0.1, 0.15) is 10.6 Å². The van der Waals surface area contributed by atoms with E-state index in [0.717, 1.165) is 0 Å². The van der Waals surface area contributed by atoms with E-state index >= 15 is 0 Å². The topological polar surface area (TPSA) is 84.9 Å². The third kappa shape index (κ3) is 4.67. The molecule has 7 heteroatoms. The molecule has 1 aromatic rings. The smallest absolute Gasteiger partial charge is 0.244 e. The maximum Gasteiger partial charge on any atom is 0.244 e. The number of aliphatic hydroxyl groups excluding tert-OH is 1. The van der Waals surface area contributed by atoms with Crippen molar-refractivity contribution in [3.63, 3.8) is 0 Å². The molecule has 0 saturated heterocycles. The Kier molecular flexibility index (Phi) is 5.58. The second kappa shape index (κ2) is 7.22. The first-order valence-corrected chi connectivity index (χ1v) is 8.40. The summed E-state index contributed by atoms with van der Waals surface area (Å²) in [6.07, 6.45) is 2.41. The molecule has 0 spiro atoms. The van der Waals surface area contributed by atoms with Crippen LogP contribution in [0.15, 0.2) is 23.1 Å².